The first-order valence-electron chi connectivity index (χ1n) is 10.4. The van der Waals surface area contributed by atoms with Gasteiger partial charge in [0, 0.05) is 7.05 Å². The van der Waals surface area contributed by atoms with Crippen molar-refractivity contribution in [1.82, 2.24) is 28.7 Å². The third-order valence-electron chi connectivity index (χ3n) is 6.28. The number of hydrogen-bond acceptors (Lipinski definition) is 5. The van der Waals surface area contributed by atoms with Crippen molar-refractivity contribution in [3.63, 3.8) is 0 Å². The second kappa shape index (κ2) is 6.83. The van der Waals surface area contributed by atoms with Crippen molar-refractivity contribution in [3.05, 3.63) is 82.4 Å². The molecule has 3 aromatic heterocycles. The predicted octanol–water partition coefficient (Wildman–Crippen LogP) is 3.02. The molecule has 9 heteroatoms. The van der Waals surface area contributed by atoms with Crippen molar-refractivity contribution in [2.75, 3.05) is 0 Å². The van der Waals surface area contributed by atoms with Crippen LogP contribution in [0.5, 0.6) is 0 Å². The highest BCUT2D eigenvalue weighted by Gasteiger charge is 2.31. The van der Waals surface area contributed by atoms with Crippen LogP contribution in [0.2, 0.25) is 0 Å². The molecule has 1 N–H and O–H groups in total. The van der Waals surface area contributed by atoms with Crippen LogP contribution >= 0.6 is 0 Å². The van der Waals surface area contributed by atoms with E-state index in [1.54, 1.807) is 34.8 Å². The molecule has 1 aliphatic carbocycles. The number of aryl methyl sites for hydroxylation is 1. The van der Waals surface area contributed by atoms with Crippen molar-refractivity contribution in [1.29, 1.82) is 0 Å². The van der Waals surface area contributed by atoms with Crippen LogP contribution in [-0.2, 0) is 7.05 Å². The molecule has 5 aromatic rings. The summed E-state index contributed by atoms with van der Waals surface area (Å²) < 4.78 is 19.0. The molecule has 8 nitrogen and oxygen atoms in total. The maximum atomic E-state index is 14.1. The Labute approximate surface area is 181 Å². The quantitative estimate of drug-likeness (QED) is 0.465. The van der Waals surface area contributed by atoms with Crippen LogP contribution in [0.25, 0.3) is 28.1 Å². The lowest BCUT2D eigenvalue weighted by Gasteiger charge is -2.29. The number of benzene rings is 2. The Morgan fingerprint density at radius 3 is 2.78 bits per heavy atom. The summed E-state index contributed by atoms with van der Waals surface area (Å²) in [5.41, 5.74) is 3.67. The molecular formula is C23H19FN6O2. The summed E-state index contributed by atoms with van der Waals surface area (Å²) in [5, 5.41) is 10.4. The number of imidazole rings is 2. The molecular weight excluding hydrogens is 411 g/mol. The van der Waals surface area contributed by atoms with Gasteiger partial charge in [0.15, 0.2) is 5.65 Å². The minimum absolute atomic E-state index is 0.265. The highest BCUT2D eigenvalue weighted by atomic mass is 19.1. The molecule has 0 aliphatic heterocycles. The zero-order chi connectivity index (χ0) is 22.0. The van der Waals surface area contributed by atoms with Crippen LogP contribution in [0.4, 0.5) is 4.39 Å². The van der Waals surface area contributed by atoms with E-state index in [0.29, 0.717) is 41.1 Å². The molecule has 0 unspecified atom stereocenters. The van der Waals surface area contributed by atoms with E-state index in [1.807, 2.05) is 24.3 Å². The second-order valence-electron chi connectivity index (χ2n) is 8.08. The van der Waals surface area contributed by atoms with Crippen LogP contribution in [-0.4, -0.2) is 33.8 Å². The predicted molar refractivity (Wildman–Crippen MR) is 116 cm³/mol. The average molecular weight is 430 g/mol. The number of aliphatic hydroxyl groups excluding tert-OH is 1. The highest BCUT2D eigenvalue weighted by molar-refractivity contribution is 5.77. The fourth-order valence-electron chi connectivity index (χ4n) is 4.67. The van der Waals surface area contributed by atoms with Gasteiger partial charge in [-0.25, -0.2) is 19.2 Å². The minimum atomic E-state index is -0.685. The van der Waals surface area contributed by atoms with E-state index in [-0.39, 0.29) is 5.69 Å². The third-order valence-corrected chi connectivity index (χ3v) is 6.28. The summed E-state index contributed by atoms with van der Waals surface area (Å²) in [6, 6.07) is 11.5. The molecule has 1 aliphatic rings. The van der Waals surface area contributed by atoms with E-state index < -0.39 is 18.0 Å². The Hall–Kier alpha value is -3.85. The van der Waals surface area contributed by atoms with Crippen LogP contribution in [0.15, 0.2) is 59.8 Å². The van der Waals surface area contributed by atoms with E-state index in [2.05, 4.69) is 9.97 Å². The lowest BCUT2D eigenvalue weighted by Crippen LogP contribution is -2.30. The molecule has 6 rings (SSSR count). The fourth-order valence-corrected chi connectivity index (χ4v) is 4.67. The van der Waals surface area contributed by atoms with Crippen molar-refractivity contribution in [2.24, 2.45) is 7.05 Å². The van der Waals surface area contributed by atoms with Crippen LogP contribution < -0.4 is 5.69 Å². The van der Waals surface area contributed by atoms with Gasteiger partial charge in [0.05, 0.1) is 29.4 Å². The van der Waals surface area contributed by atoms with Crippen LogP contribution in [0, 0.1) is 5.82 Å². The van der Waals surface area contributed by atoms with E-state index in [1.165, 1.54) is 16.7 Å². The fraction of sp³-hybridized carbons (Fsp3) is 0.217. The largest absolute Gasteiger partial charge is 0.388 e. The van der Waals surface area contributed by atoms with Crippen LogP contribution in [0.1, 0.15) is 36.1 Å². The Kier molecular flexibility index (Phi) is 4.03. The van der Waals surface area contributed by atoms with E-state index in [0.717, 1.165) is 11.0 Å². The number of nitrogens with zero attached hydrogens (tertiary/aromatic N) is 6. The molecule has 3 heterocycles. The summed E-state index contributed by atoms with van der Waals surface area (Å²) in [5.74, 6) is -0.0165. The molecule has 2 atom stereocenters. The molecule has 0 amide bonds. The Morgan fingerprint density at radius 2 is 1.91 bits per heavy atom. The SMILES string of the molecule is Cn1c(=O)n([C@@H]2CC[C@@H](O)c3ccc(F)cc32)c2nc(-n3cnc4ccccc43)ncc21. The van der Waals surface area contributed by atoms with Gasteiger partial charge in [-0.3, -0.25) is 13.7 Å². The summed E-state index contributed by atoms with van der Waals surface area (Å²) in [6.07, 6.45) is 3.54. The van der Waals surface area contributed by atoms with Gasteiger partial charge in [-0.05, 0) is 48.2 Å². The number of fused-ring (bicyclic) bond motifs is 3. The maximum Gasteiger partial charge on any atom is 0.330 e. The van der Waals surface area contributed by atoms with E-state index in [9.17, 15) is 14.3 Å². The summed E-state index contributed by atoms with van der Waals surface area (Å²) in [4.78, 5) is 26.9. The van der Waals surface area contributed by atoms with Gasteiger partial charge in [-0.15, -0.1) is 0 Å². The van der Waals surface area contributed by atoms with Gasteiger partial charge >= 0.3 is 5.69 Å². The molecule has 0 bridgehead atoms. The summed E-state index contributed by atoms with van der Waals surface area (Å²) >= 11 is 0. The summed E-state index contributed by atoms with van der Waals surface area (Å²) in [7, 11) is 1.67. The third kappa shape index (κ3) is 2.64. The lowest BCUT2D eigenvalue weighted by molar-refractivity contribution is 0.147. The Bertz CT molecular complexity index is 1570. The van der Waals surface area contributed by atoms with Gasteiger partial charge in [-0.1, -0.05) is 18.2 Å². The Balaban J connectivity index is 1.59. The first-order chi connectivity index (χ1) is 15.5. The number of hydrogen-bond donors (Lipinski definition) is 1. The molecule has 0 radical (unpaired) electrons. The smallest absolute Gasteiger partial charge is 0.330 e. The topological polar surface area (TPSA) is 90.8 Å². The average Bonchev–Trinajstić information content (AvgIpc) is 3.33. The van der Waals surface area contributed by atoms with Crippen molar-refractivity contribution in [3.8, 4) is 5.95 Å². The van der Waals surface area contributed by atoms with Gasteiger partial charge < -0.3 is 5.11 Å². The van der Waals surface area contributed by atoms with E-state index in [4.69, 9.17) is 4.98 Å². The molecule has 160 valence electrons. The van der Waals surface area contributed by atoms with Crippen molar-refractivity contribution in [2.45, 2.75) is 25.0 Å². The zero-order valence-electron chi connectivity index (χ0n) is 17.2. The minimum Gasteiger partial charge on any atom is -0.388 e. The first kappa shape index (κ1) is 18.9. The molecule has 2 aromatic carbocycles. The second-order valence-corrected chi connectivity index (χ2v) is 8.08. The van der Waals surface area contributed by atoms with Gasteiger partial charge in [0.2, 0.25) is 5.95 Å². The normalized spacial score (nSPS) is 18.3. The molecule has 0 fully saturated rings. The molecule has 32 heavy (non-hydrogen) atoms. The Morgan fingerprint density at radius 1 is 1.06 bits per heavy atom. The summed E-state index contributed by atoms with van der Waals surface area (Å²) in [6.45, 7) is 0. The number of para-hydroxylation sites is 2. The van der Waals surface area contributed by atoms with Gasteiger partial charge in [0.25, 0.3) is 0 Å². The lowest BCUT2D eigenvalue weighted by atomic mass is 9.85. The molecule has 0 saturated heterocycles. The van der Waals surface area contributed by atoms with Crippen LogP contribution in [0.3, 0.4) is 0 Å². The zero-order valence-corrected chi connectivity index (χ0v) is 17.2. The molecule has 0 saturated carbocycles. The van der Waals surface area contributed by atoms with E-state index >= 15 is 0 Å². The van der Waals surface area contributed by atoms with Gasteiger partial charge in [-0.2, -0.15) is 4.98 Å². The number of aromatic nitrogens is 6. The number of aliphatic hydroxyl groups is 1. The maximum absolute atomic E-state index is 14.1. The van der Waals surface area contributed by atoms with Crippen molar-refractivity contribution < 1.29 is 9.50 Å². The monoisotopic (exact) mass is 430 g/mol. The van der Waals surface area contributed by atoms with Crippen molar-refractivity contribution >= 4 is 22.2 Å². The number of halogens is 1. The highest BCUT2D eigenvalue weighted by Crippen LogP contribution is 2.39. The first-order valence-corrected chi connectivity index (χ1v) is 10.4. The standard InChI is InChI=1S/C23H19FN6O2/c1-28-19-11-25-22(29-12-26-16-4-2-3-5-18(16)29)27-21(19)30(23(28)32)17-8-9-20(31)14-7-6-13(24)10-15(14)17/h2-7,10-12,17,20,31H,8-9H2,1H3/t17-,20-/m1/s1. The molecule has 0 spiro atoms. The van der Waals surface area contributed by atoms with Gasteiger partial charge in [0.1, 0.15) is 17.7 Å². The number of rotatable bonds is 2.